The number of aliphatic hydroxyl groups is 1. The smallest absolute Gasteiger partial charge is 0.329 e. The first kappa shape index (κ1) is 49.5. The monoisotopic (exact) mass is 983 g/mol. The zero-order valence-electron chi connectivity index (χ0n) is 34.8. The number of carbonyl (C=O) groups excluding carboxylic acids is 1. The number of halogens is 5. The lowest BCUT2D eigenvalue weighted by molar-refractivity contribution is -0.486. The largest absolute Gasteiger partial charge is 0.489 e. The van der Waals surface area contributed by atoms with Gasteiger partial charge in [0.15, 0.2) is 15.2 Å². The van der Waals surface area contributed by atoms with Gasteiger partial charge in [-0.05, 0) is 60.1 Å². The van der Waals surface area contributed by atoms with Crippen LogP contribution in [0.15, 0.2) is 84.6 Å². The molecular weight excluding hydrogens is 940 g/mol. The third kappa shape index (κ3) is 13.7. The van der Waals surface area contributed by atoms with Crippen molar-refractivity contribution < 1.29 is 24.4 Å². The van der Waals surface area contributed by atoms with Crippen LogP contribution in [0.4, 0.5) is 4.79 Å². The molecule has 7 rings (SSSR count). The maximum absolute atomic E-state index is 12.3. The number of rotatable bonds is 12. The van der Waals surface area contributed by atoms with Crippen LogP contribution in [0, 0.1) is 15.5 Å². The van der Waals surface area contributed by atoms with E-state index in [9.17, 15) is 20.0 Å². The van der Waals surface area contributed by atoms with E-state index in [0.29, 0.717) is 56.5 Å². The first-order chi connectivity index (χ1) is 30.0. The molecule has 0 bridgehead atoms. The highest BCUT2D eigenvalue weighted by molar-refractivity contribution is 7.15. The minimum atomic E-state index is -0.930. The van der Waals surface area contributed by atoms with Crippen molar-refractivity contribution in [1.29, 1.82) is 0 Å². The normalized spacial score (nSPS) is 18.1. The fourth-order valence-electron chi connectivity index (χ4n) is 6.66. The number of ether oxygens (including phenoxy) is 2. The Balaban J connectivity index is 0.000000180. The Bertz CT molecular complexity index is 2310. The molecule has 17 nitrogen and oxygen atoms in total. The Morgan fingerprint density at radius 2 is 1.81 bits per heavy atom. The van der Waals surface area contributed by atoms with E-state index in [2.05, 4.69) is 45.1 Å². The van der Waals surface area contributed by atoms with Gasteiger partial charge in [-0.3, -0.25) is 4.57 Å². The fraction of sp³-hybridized carbons (Fsp3) is 0.400. The molecule has 1 N–H and O–H groups in total. The van der Waals surface area contributed by atoms with Gasteiger partial charge in [0.05, 0.1) is 29.7 Å². The highest BCUT2D eigenvalue weighted by atomic mass is 35.5. The predicted molar refractivity (Wildman–Crippen MR) is 245 cm³/mol. The molecule has 23 heteroatoms. The number of nitro groups is 1. The molecule has 1 saturated heterocycles. The molecule has 2 aliphatic rings. The van der Waals surface area contributed by atoms with E-state index < -0.39 is 10.6 Å². The highest BCUT2D eigenvalue weighted by Crippen LogP contribution is 2.50. The van der Waals surface area contributed by atoms with Crippen molar-refractivity contribution in [3.05, 3.63) is 125 Å². The Hall–Kier alpha value is -4.53. The molecule has 1 amide bonds. The number of hydrogen-bond donors (Lipinski definition) is 1. The maximum atomic E-state index is 12.3. The topological polar surface area (TPSA) is 182 Å². The summed E-state index contributed by atoms with van der Waals surface area (Å²) < 4.78 is 14.5. The number of hydrazone groups is 1. The molecule has 3 aromatic heterocycles. The van der Waals surface area contributed by atoms with Gasteiger partial charge in [-0.25, -0.2) is 34.5 Å². The van der Waals surface area contributed by atoms with Crippen LogP contribution < -0.4 is 4.74 Å². The molecule has 4 heterocycles. The van der Waals surface area contributed by atoms with Crippen LogP contribution in [0.5, 0.6) is 5.75 Å². The molecule has 1 aliphatic heterocycles. The van der Waals surface area contributed by atoms with Crippen molar-refractivity contribution >= 4 is 87.4 Å². The number of hydrogen-bond acceptors (Lipinski definition) is 11. The molecule has 1 unspecified atom stereocenters. The molecule has 1 saturated carbocycles. The number of imidazole rings is 1. The molecule has 2 aromatic carbocycles. The molecule has 5 aromatic rings. The third-order valence-electron chi connectivity index (χ3n) is 10.00. The maximum Gasteiger partial charge on any atom is 0.329 e. The first-order valence-electron chi connectivity index (χ1n) is 19.4. The van der Waals surface area contributed by atoms with E-state index in [4.69, 9.17) is 67.5 Å². The summed E-state index contributed by atoms with van der Waals surface area (Å²) in [6.45, 7) is 8.84. The van der Waals surface area contributed by atoms with Gasteiger partial charge >= 0.3 is 6.03 Å². The lowest BCUT2D eigenvalue weighted by atomic mass is 9.76. The van der Waals surface area contributed by atoms with E-state index in [1.54, 1.807) is 63.5 Å². The van der Waals surface area contributed by atoms with Crippen LogP contribution >= 0.6 is 69.3 Å². The van der Waals surface area contributed by atoms with Gasteiger partial charge in [0.1, 0.15) is 49.8 Å². The Morgan fingerprint density at radius 3 is 2.41 bits per heavy atom. The van der Waals surface area contributed by atoms with Gasteiger partial charge in [-0.2, -0.15) is 5.10 Å². The number of benzene rings is 2. The zero-order valence-corrected chi connectivity index (χ0v) is 39.4. The van der Waals surface area contributed by atoms with E-state index in [1.807, 2.05) is 31.2 Å². The number of nitrogens with zero attached hydrogens (tertiary/aromatic N) is 11. The quantitative estimate of drug-likeness (QED) is 0.0926. The summed E-state index contributed by atoms with van der Waals surface area (Å²) in [6.07, 6.45) is 14.1. The van der Waals surface area contributed by atoms with E-state index in [-0.39, 0.29) is 37.5 Å². The summed E-state index contributed by atoms with van der Waals surface area (Å²) in [6, 6.07) is 10.6. The minimum Gasteiger partial charge on any atom is -0.489 e. The molecule has 1 atom stereocenters. The molecular formula is C40H46Cl5N11O6S. The lowest BCUT2D eigenvalue weighted by Crippen LogP contribution is -2.49. The highest BCUT2D eigenvalue weighted by Gasteiger charge is 2.51. The van der Waals surface area contributed by atoms with Crippen LogP contribution in [-0.4, -0.2) is 112 Å². The van der Waals surface area contributed by atoms with Crippen LogP contribution in [0.25, 0.3) is 6.08 Å². The summed E-state index contributed by atoms with van der Waals surface area (Å²) in [4.78, 5) is 40.4. The molecule has 1 aliphatic carbocycles. The second-order valence-corrected chi connectivity index (χ2v) is 18.3. The van der Waals surface area contributed by atoms with Crippen LogP contribution in [-0.2, 0) is 17.8 Å². The number of guanidine groups is 1. The Morgan fingerprint density at radius 1 is 1.08 bits per heavy atom. The van der Waals surface area contributed by atoms with Crippen molar-refractivity contribution in [3.8, 4) is 5.75 Å². The zero-order chi connectivity index (χ0) is 45.7. The second kappa shape index (κ2) is 22.9. The Labute approximate surface area is 393 Å². The summed E-state index contributed by atoms with van der Waals surface area (Å²) in [5.74, 6) is 0.625. The molecule has 63 heavy (non-hydrogen) atoms. The number of amides is 1. The molecule has 338 valence electrons. The average Bonchev–Trinajstić information content (AvgIpc) is 4.06. The van der Waals surface area contributed by atoms with E-state index in [0.717, 1.165) is 35.3 Å². The second-order valence-electron chi connectivity index (χ2n) is 14.9. The van der Waals surface area contributed by atoms with Gasteiger partial charge in [-0.15, -0.1) is 11.3 Å². The summed E-state index contributed by atoms with van der Waals surface area (Å²) in [5.41, 5.74) is 0.946. The average molecular weight is 986 g/mol. The van der Waals surface area contributed by atoms with Crippen LogP contribution in [0.2, 0.25) is 24.6 Å². The van der Waals surface area contributed by atoms with Gasteiger partial charge in [0.25, 0.3) is 5.96 Å². The van der Waals surface area contributed by atoms with Gasteiger partial charge in [0.2, 0.25) is 0 Å². The van der Waals surface area contributed by atoms with E-state index in [1.165, 1.54) is 28.6 Å². The van der Waals surface area contributed by atoms with Crippen molar-refractivity contribution in [1.82, 2.24) is 44.0 Å². The molecule has 0 radical (unpaired) electrons. The summed E-state index contributed by atoms with van der Waals surface area (Å²) in [7, 11) is 1.67. The SMILES string of the molecule is CC1(C)CC/C(=C\c2ccc(Cl)cc2)C1(O)Cn1cncn1.CCCN(CCOc1c(Cl)cc(Cl)cc1Cl)C(=O)n1ccnc1.CN1COCN(Cc2cnc(Cl)s2)/C1=N\[N+](=O)[O-]. The fourth-order valence-corrected chi connectivity index (χ4v) is 8.71. The standard InChI is InChI=1S/C17H20ClN3O.C15H16Cl3N3O2.C8H10ClN5O3S/c1-16(2)8-7-14(9-13-3-5-15(18)6-4-13)17(16,22)10-21-12-19-11-20-21;1-2-4-20(15(22)21-5-3-19-10-21)6-7-23-14-12(17)8-11(16)9-13(14)18;1-12-4-17-5-13(8(12)11-14(15)16)3-6-2-10-7(9)18-6/h3-6,9,11-12,22H,7-8,10H2,1-2H3;3,5,8-10H,2,4,6-7H2,1H3;2H,3-5H2,1H3/b14-9+;;11-8-. The molecule has 2 fully saturated rings. The number of carbonyl (C=O) groups is 1. The van der Waals surface area contributed by atoms with Gasteiger partial charge in [0, 0.05) is 47.1 Å². The van der Waals surface area contributed by atoms with Crippen LogP contribution in [0.3, 0.4) is 0 Å². The van der Waals surface area contributed by atoms with Crippen molar-refractivity contribution in [2.75, 3.05) is 40.2 Å². The third-order valence-corrected chi connectivity index (χ3v) is 12.1. The number of thiazole rings is 1. The van der Waals surface area contributed by atoms with Gasteiger partial charge < -0.3 is 29.3 Å². The summed E-state index contributed by atoms with van der Waals surface area (Å²) >= 11 is 31.0. The predicted octanol–water partition coefficient (Wildman–Crippen LogP) is 9.19. The Kier molecular flexibility index (Phi) is 18.0. The molecule has 0 spiro atoms. The lowest BCUT2D eigenvalue weighted by Gasteiger charge is -2.37. The summed E-state index contributed by atoms with van der Waals surface area (Å²) in [5, 5.41) is 30.5. The van der Waals surface area contributed by atoms with Crippen molar-refractivity contribution in [2.45, 2.75) is 58.7 Å². The van der Waals surface area contributed by atoms with Crippen LogP contribution in [0.1, 0.15) is 50.5 Å². The first-order valence-corrected chi connectivity index (χ1v) is 22.1. The van der Waals surface area contributed by atoms with Crippen molar-refractivity contribution in [3.63, 3.8) is 0 Å². The van der Waals surface area contributed by atoms with Gasteiger partial charge in [-0.1, -0.05) is 97.0 Å². The number of aromatic nitrogens is 6. The minimum absolute atomic E-state index is 0.152. The van der Waals surface area contributed by atoms with E-state index >= 15 is 0 Å². The van der Waals surface area contributed by atoms with Crippen molar-refractivity contribution in [2.24, 2.45) is 10.5 Å².